The summed E-state index contributed by atoms with van der Waals surface area (Å²) in [6.45, 7) is 0. The van der Waals surface area contributed by atoms with Crippen LogP contribution in [-0.2, 0) is 0 Å². The average molecular weight is 859 g/mol. The zero-order valence-corrected chi connectivity index (χ0v) is 37.2. The molecule has 0 saturated heterocycles. The average Bonchev–Trinajstić information content (AvgIpc) is 3.79. The molecular weight excluding hydrogens is 817 g/mol. The molecule has 0 aliphatic rings. The maximum atomic E-state index is 2.55. The third-order valence-electron chi connectivity index (χ3n) is 14.6. The molecule has 0 unspecified atom stereocenters. The zero-order valence-electron chi connectivity index (χ0n) is 37.2. The predicted molar refractivity (Wildman–Crippen MR) is 291 cm³/mol. The summed E-state index contributed by atoms with van der Waals surface area (Å²) in [6, 6.07) is 94.6. The van der Waals surface area contributed by atoms with E-state index in [9.17, 15) is 0 Å². The molecule has 68 heavy (non-hydrogen) atoms. The minimum absolute atomic E-state index is 1.21. The van der Waals surface area contributed by atoms with Gasteiger partial charge >= 0.3 is 0 Å². The van der Waals surface area contributed by atoms with Crippen LogP contribution in [0.1, 0.15) is 0 Å². The van der Waals surface area contributed by atoms with Gasteiger partial charge in [0.15, 0.2) is 0 Å². The van der Waals surface area contributed by atoms with E-state index >= 15 is 0 Å². The second-order valence-corrected chi connectivity index (χ2v) is 18.2. The minimum Gasteiger partial charge on any atom is -0.0622 e. The van der Waals surface area contributed by atoms with Crippen molar-refractivity contribution in [2.24, 2.45) is 0 Å². The highest BCUT2D eigenvalue weighted by Gasteiger charge is 2.29. The lowest BCUT2D eigenvalue weighted by atomic mass is 9.82. The molecule has 0 fully saturated rings. The van der Waals surface area contributed by atoms with Crippen molar-refractivity contribution in [2.45, 2.75) is 0 Å². The summed E-state index contributed by atoms with van der Waals surface area (Å²) < 4.78 is 0. The standard InChI is InChI=1S/C68H42/c1-5-21-43(22-6-1)48-29-13-17-33-52(48)57-39-47-37-38-56-58(53-34-18-14-30-49(53)44-23-7-2-8-24-44)40-62-60(55-36-20-16-32-51(55)46-27-11-4-12-28-46)42-63-59(41-61(57)66-64(47)65(56)67(62)68(63)66)54-35-19-15-31-50(54)45-25-9-3-10-26-45/h1-42H. The number of hydrogen-bond donors (Lipinski definition) is 0. The molecular formula is C68H42. The topological polar surface area (TPSA) is 0 Å². The van der Waals surface area contributed by atoms with Crippen LogP contribution in [-0.4, -0.2) is 0 Å². The first-order valence-corrected chi connectivity index (χ1v) is 23.7. The molecule has 0 nitrogen and oxygen atoms in total. The van der Waals surface area contributed by atoms with Gasteiger partial charge in [0.1, 0.15) is 0 Å². The first kappa shape index (κ1) is 38.4. The van der Waals surface area contributed by atoms with E-state index in [1.165, 1.54) is 143 Å². The summed E-state index contributed by atoms with van der Waals surface area (Å²) >= 11 is 0. The van der Waals surface area contributed by atoms with E-state index in [0.29, 0.717) is 0 Å². The smallest absolute Gasteiger partial charge is 0.000695 e. The molecule has 14 aromatic carbocycles. The van der Waals surface area contributed by atoms with Crippen LogP contribution in [0, 0.1) is 0 Å². The molecule has 14 aromatic rings. The van der Waals surface area contributed by atoms with Gasteiger partial charge in [-0.2, -0.15) is 0 Å². The van der Waals surface area contributed by atoms with Crippen LogP contribution in [0.15, 0.2) is 255 Å². The van der Waals surface area contributed by atoms with Gasteiger partial charge in [-0.05, 0) is 167 Å². The number of benzene rings is 13. The van der Waals surface area contributed by atoms with Crippen molar-refractivity contribution >= 4 is 53.9 Å². The lowest BCUT2D eigenvalue weighted by Crippen LogP contribution is -1.93. The number of hydrogen-bond acceptors (Lipinski definition) is 0. The second kappa shape index (κ2) is 15.4. The fourth-order valence-corrected chi connectivity index (χ4v) is 11.7. The Balaban J connectivity index is 1.20. The highest BCUT2D eigenvalue weighted by molar-refractivity contribution is 6.48. The van der Waals surface area contributed by atoms with Crippen molar-refractivity contribution in [3.05, 3.63) is 255 Å². The molecule has 0 radical (unpaired) electrons. The molecule has 0 heteroatoms. The van der Waals surface area contributed by atoms with Gasteiger partial charge in [0.05, 0.1) is 0 Å². The Morgan fingerprint density at radius 2 is 0.397 bits per heavy atom. The fourth-order valence-electron chi connectivity index (χ4n) is 11.7. The van der Waals surface area contributed by atoms with E-state index in [4.69, 9.17) is 0 Å². The van der Waals surface area contributed by atoms with Crippen LogP contribution in [0.5, 0.6) is 0 Å². The SMILES string of the molecule is c1ccc(-c2ccccc2-c2cc3c(-c4ccccc4-c4ccccc4)cc4c(-c5ccccc5-c5ccccc5)cc5c(-c6ccccc6-c6ccccc6)cc6ccc2c2c6c5c4c32)cc1. The zero-order chi connectivity index (χ0) is 44.7. The highest BCUT2D eigenvalue weighted by Crippen LogP contribution is 2.57. The van der Waals surface area contributed by atoms with Gasteiger partial charge in [0.2, 0.25) is 0 Å². The third-order valence-corrected chi connectivity index (χ3v) is 14.6. The summed E-state index contributed by atoms with van der Waals surface area (Å²) in [7, 11) is 0. The summed E-state index contributed by atoms with van der Waals surface area (Å²) in [5.41, 5.74) is 19.7. The Hall–Kier alpha value is -8.84. The van der Waals surface area contributed by atoms with Crippen LogP contribution < -0.4 is 0 Å². The van der Waals surface area contributed by atoms with E-state index in [-0.39, 0.29) is 0 Å². The van der Waals surface area contributed by atoms with Gasteiger partial charge < -0.3 is 0 Å². The molecule has 0 amide bonds. The molecule has 0 saturated carbocycles. The van der Waals surface area contributed by atoms with E-state index in [2.05, 4.69) is 255 Å². The van der Waals surface area contributed by atoms with Crippen molar-refractivity contribution < 1.29 is 0 Å². The predicted octanol–water partition coefficient (Wildman–Crippen LogP) is 19.1. The summed E-state index contributed by atoms with van der Waals surface area (Å²) in [6.07, 6.45) is 0. The molecule has 0 aliphatic heterocycles. The van der Waals surface area contributed by atoms with E-state index in [0.717, 1.165) is 0 Å². The van der Waals surface area contributed by atoms with Crippen molar-refractivity contribution in [3.8, 4) is 89.0 Å². The summed E-state index contributed by atoms with van der Waals surface area (Å²) in [4.78, 5) is 0. The molecule has 0 spiro atoms. The third kappa shape index (κ3) is 5.81. The van der Waals surface area contributed by atoms with Gasteiger partial charge in [-0.15, -0.1) is 0 Å². The second-order valence-electron chi connectivity index (χ2n) is 18.2. The van der Waals surface area contributed by atoms with E-state index < -0.39 is 0 Å². The van der Waals surface area contributed by atoms with E-state index in [1.807, 2.05) is 0 Å². The Morgan fingerprint density at radius 3 is 0.735 bits per heavy atom. The van der Waals surface area contributed by atoms with Gasteiger partial charge in [-0.25, -0.2) is 0 Å². The van der Waals surface area contributed by atoms with Crippen LogP contribution >= 0.6 is 0 Å². The molecule has 314 valence electrons. The van der Waals surface area contributed by atoms with Crippen LogP contribution in [0.2, 0.25) is 0 Å². The van der Waals surface area contributed by atoms with Crippen LogP contribution in [0.3, 0.4) is 0 Å². The van der Waals surface area contributed by atoms with Crippen molar-refractivity contribution in [1.82, 2.24) is 0 Å². The Kier molecular flexibility index (Phi) is 8.69. The normalized spacial score (nSPS) is 11.8. The molecule has 0 heterocycles. The summed E-state index contributed by atoms with van der Waals surface area (Å²) in [5, 5.41) is 13.1. The maximum Gasteiger partial charge on any atom is -0.000695 e. The lowest BCUT2D eigenvalue weighted by Gasteiger charge is -2.20. The van der Waals surface area contributed by atoms with Crippen LogP contribution in [0.4, 0.5) is 0 Å². The Bertz CT molecular complexity index is 3950. The van der Waals surface area contributed by atoms with Crippen molar-refractivity contribution in [1.29, 1.82) is 0 Å². The van der Waals surface area contributed by atoms with E-state index in [1.54, 1.807) is 0 Å². The minimum atomic E-state index is 1.21. The lowest BCUT2D eigenvalue weighted by molar-refractivity contribution is 1.59. The number of rotatable bonds is 8. The molecule has 0 aromatic heterocycles. The molecule has 0 bridgehead atoms. The Morgan fingerprint density at radius 1 is 0.147 bits per heavy atom. The van der Waals surface area contributed by atoms with Crippen molar-refractivity contribution in [2.75, 3.05) is 0 Å². The monoisotopic (exact) mass is 858 g/mol. The summed E-state index contributed by atoms with van der Waals surface area (Å²) in [5.74, 6) is 0. The highest BCUT2D eigenvalue weighted by atomic mass is 14.3. The first-order chi connectivity index (χ1) is 33.8. The first-order valence-electron chi connectivity index (χ1n) is 23.7. The quantitative estimate of drug-likeness (QED) is 0.134. The molecule has 14 rings (SSSR count). The molecule has 0 N–H and O–H groups in total. The maximum absolute atomic E-state index is 2.55. The molecule has 0 aliphatic carbocycles. The largest absolute Gasteiger partial charge is 0.0622 e. The molecule has 0 atom stereocenters. The van der Waals surface area contributed by atoms with Gasteiger partial charge in [-0.1, -0.05) is 231 Å². The Labute approximate surface area is 395 Å². The fraction of sp³-hybridized carbons (Fsp3) is 0. The van der Waals surface area contributed by atoms with Crippen LogP contribution in [0.25, 0.3) is 143 Å². The van der Waals surface area contributed by atoms with Gasteiger partial charge in [0.25, 0.3) is 0 Å². The van der Waals surface area contributed by atoms with Crippen molar-refractivity contribution in [3.63, 3.8) is 0 Å². The van der Waals surface area contributed by atoms with Gasteiger partial charge in [-0.3, -0.25) is 0 Å². The van der Waals surface area contributed by atoms with Gasteiger partial charge in [0, 0.05) is 0 Å².